The molecule has 0 saturated heterocycles. The third-order valence-electron chi connectivity index (χ3n) is 2.21. The van der Waals surface area contributed by atoms with Crippen LogP contribution in [0.5, 0.6) is 0 Å². The number of thioether (sulfide) groups is 1. The van der Waals surface area contributed by atoms with Crippen LogP contribution in [0, 0.1) is 6.92 Å². The Labute approximate surface area is 94.4 Å². The van der Waals surface area contributed by atoms with Gasteiger partial charge >= 0.3 is 0 Å². The predicted octanol–water partition coefficient (Wildman–Crippen LogP) is 2.68. The van der Waals surface area contributed by atoms with Crippen molar-refractivity contribution in [2.75, 3.05) is 11.9 Å². The van der Waals surface area contributed by atoms with Crippen LogP contribution in [0.2, 0.25) is 0 Å². The SMILES string of the molecule is Cc1cccnc1NC1=NCC(C)(C)S1. The van der Waals surface area contributed by atoms with Crippen molar-refractivity contribution in [2.45, 2.75) is 25.5 Å². The molecule has 0 aromatic carbocycles. The van der Waals surface area contributed by atoms with Gasteiger partial charge in [0, 0.05) is 10.9 Å². The molecule has 0 atom stereocenters. The van der Waals surface area contributed by atoms with E-state index in [0.29, 0.717) is 0 Å². The maximum absolute atomic E-state index is 4.45. The summed E-state index contributed by atoms with van der Waals surface area (Å²) in [6, 6.07) is 3.98. The maximum Gasteiger partial charge on any atom is 0.162 e. The average molecular weight is 221 g/mol. The third-order valence-corrected chi connectivity index (χ3v) is 3.32. The summed E-state index contributed by atoms with van der Waals surface area (Å²) in [6.45, 7) is 7.30. The van der Waals surface area contributed by atoms with E-state index in [1.807, 2.05) is 19.1 Å². The van der Waals surface area contributed by atoms with Gasteiger partial charge in [-0.15, -0.1) is 0 Å². The monoisotopic (exact) mass is 221 g/mol. The Morgan fingerprint density at radius 3 is 2.87 bits per heavy atom. The van der Waals surface area contributed by atoms with Gasteiger partial charge in [-0.3, -0.25) is 4.99 Å². The molecule has 3 nitrogen and oxygen atoms in total. The second-order valence-corrected chi connectivity index (χ2v) is 5.97. The van der Waals surface area contributed by atoms with E-state index in [1.165, 1.54) is 0 Å². The number of hydrogen-bond donors (Lipinski definition) is 1. The largest absolute Gasteiger partial charge is 0.319 e. The van der Waals surface area contributed by atoms with Crippen LogP contribution in [0.15, 0.2) is 23.3 Å². The molecule has 0 amide bonds. The van der Waals surface area contributed by atoms with Gasteiger partial charge in [0.25, 0.3) is 0 Å². The summed E-state index contributed by atoms with van der Waals surface area (Å²) >= 11 is 1.77. The lowest BCUT2D eigenvalue weighted by Gasteiger charge is -2.14. The molecule has 2 rings (SSSR count). The van der Waals surface area contributed by atoms with Crippen molar-refractivity contribution >= 4 is 22.7 Å². The number of aliphatic imine (C=N–C) groups is 1. The molecule has 0 fully saturated rings. The van der Waals surface area contributed by atoms with Crippen molar-refractivity contribution in [3.63, 3.8) is 0 Å². The zero-order chi connectivity index (χ0) is 10.9. The summed E-state index contributed by atoms with van der Waals surface area (Å²) in [5.41, 5.74) is 1.14. The van der Waals surface area contributed by atoms with E-state index in [2.05, 4.69) is 29.1 Å². The Morgan fingerprint density at radius 2 is 2.27 bits per heavy atom. The number of nitrogens with one attached hydrogen (secondary N) is 1. The van der Waals surface area contributed by atoms with E-state index in [9.17, 15) is 0 Å². The van der Waals surface area contributed by atoms with Gasteiger partial charge in [0.05, 0.1) is 6.54 Å². The van der Waals surface area contributed by atoms with E-state index in [4.69, 9.17) is 0 Å². The van der Waals surface area contributed by atoms with Crippen LogP contribution in [0.3, 0.4) is 0 Å². The van der Waals surface area contributed by atoms with Crippen molar-refractivity contribution in [2.24, 2.45) is 4.99 Å². The van der Waals surface area contributed by atoms with Crippen molar-refractivity contribution in [3.8, 4) is 0 Å². The molecule has 0 radical (unpaired) electrons. The van der Waals surface area contributed by atoms with E-state index in [0.717, 1.165) is 23.1 Å². The van der Waals surface area contributed by atoms with Gasteiger partial charge in [-0.25, -0.2) is 4.98 Å². The lowest BCUT2D eigenvalue weighted by Crippen LogP contribution is -2.16. The van der Waals surface area contributed by atoms with Gasteiger partial charge in [-0.2, -0.15) is 0 Å². The Kier molecular flexibility index (Phi) is 2.69. The van der Waals surface area contributed by atoms with E-state index in [1.54, 1.807) is 18.0 Å². The number of anilines is 1. The van der Waals surface area contributed by atoms with E-state index >= 15 is 0 Å². The zero-order valence-electron chi connectivity index (χ0n) is 9.24. The number of hydrogen-bond acceptors (Lipinski definition) is 4. The van der Waals surface area contributed by atoms with Gasteiger partial charge in [0.1, 0.15) is 5.82 Å². The van der Waals surface area contributed by atoms with Gasteiger partial charge in [0.2, 0.25) is 0 Å². The maximum atomic E-state index is 4.45. The second-order valence-electron chi connectivity index (χ2n) is 4.28. The highest BCUT2D eigenvalue weighted by Crippen LogP contribution is 2.32. The van der Waals surface area contributed by atoms with Crippen molar-refractivity contribution in [3.05, 3.63) is 23.9 Å². The number of aromatic nitrogens is 1. The van der Waals surface area contributed by atoms with Gasteiger partial charge < -0.3 is 5.32 Å². The summed E-state index contributed by atoms with van der Waals surface area (Å²) in [5.74, 6) is 0.904. The summed E-state index contributed by atoms with van der Waals surface area (Å²) in [6.07, 6.45) is 1.79. The van der Waals surface area contributed by atoms with Gasteiger partial charge in [-0.1, -0.05) is 17.8 Å². The van der Waals surface area contributed by atoms with Crippen LogP contribution < -0.4 is 5.32 Å². The van der Waals surface area contributed by atoms with E-state index < -0.39 is 0 Å². The second kappa shape index (κ2) is 3.85. The van der Waals surface area contributed by atoms with Crippen molar-refractivity contribution in [1.82, 2.24) is 4.98 Å². The summed E-state index contributed by atoms with van der Waals surface area (Å²) in [5, 5.41) is 4.24. The smallest absolute Gasteiger partial charge is 0.162 e. The molecule has 2 heterocycles. The van der Waals surface area contributed by atoms with Crippen LogP contribution in [-0.4, -0.2) is 21.4 Å². The summed E-state index contributed by atoms with van der Waals surface area (Å²) < 4.78 is 0.213. The Bertz CT molecular complexity index is 399. The van der Waals surface area contributed by atoms with Crippen LogP contribution >= 0.6 is 11.8 Å². The Hall–Kier alpha value is -1.03. The highest BCUT2D eigenvalue weighted by molar-refractivity contribution is 8.15. The van der Waals surface area contributed by atoms with Crippen LogP contribution in [0.25, 0.3) is 0 Å². The first-order valence-corrected chi connectivity index (χ1v) is 5.81. The molecule has 0 spiro atoms. The number of nitrogens with zero attached hydrogens (tertiary/aromatic N) is 2. The molecule has 15 heavy (non-hydrogen) atoms. The molecular formula is C11H15N3S. The minimum Gasteiger partial charge on any atom is -0.319 e. The Balaban J connectivity index is 2.08. The lowest BCUT2D eigenvalue weighted by molar-refractivity contribution is 0.741. The minimum absolute atomic E-state index is 0.213. The zero-order valence-corrected chi connectivity index (χ0v) is 10.1. The highest BCUT2D eigenvalue weighted by atomic mass is 32.2. The lowest BCUT2D eigenvalue weighted by atomic mass is 10.2. The quantitative estimate of drug-likeness (QED) is 0.792. The summed E-state index contributed by atoms with van der Waals surface area (Å²) in [4.78, 5) is 8.74. The highest BCUT2D eigenvalue weighted by Gasteiger charge is 2.27. The molecule has 1 aliphatic rings. The van der Waals surface area contributed by atoms with E-state index in [-0.39, 0.29) is 4.75 Å². The average Bonchev–Trinajstić information content (AvgIpc) is 2.50. The van der Waals surface area contributed by atoms with Crippen molar-refractivity contribution < 1.29 is 0 Å². The minimum atomic E-state index is 0.213. The number of aryl methyl sites for hydroxylation is 1. The fourth-order valence-electron chi connectivity index (χ4n) is 1.37. The number of rotatable bonds is 1. The van der Waals surface area contributed by atoms with Crippen LogP contribution in [-0.2, 0) is 0 Å². The fraction of sp³-hybridized carbons (Fsp3) is 0.455. The first-order chi connectivity index (χ1) is 7.07. The summed E-state index contributed by atoms with van der Waals surface area (Å²) in [7, 11) is 0. The third kappa shape index (κ3) is 2.50. The Morgan fingerprint density at radius 1 is 1.47 bits per heavy atom. The fourth-order valence-corrected chi connectivity index (χ4v) is 2.30. The molecule has 1 aromatic heterocycles. The normalized spacial score (nSPS) is 18.7. The first kappa shape index (κ1) is 10.5. The molecule has 0 unspecified atom stereocenters. The molecule has 0 bridgehead atoms. The predicted molar refractivity (Wildman–Crippen MR) is 66.6 cm³/mol. The molecule has 80 valence electrons. The number of amidine groups is 1. The van der Waals surface area contributed by atoms with Gasteiger partial charge in [-0.05, 0) is 32.4 Å². The molecule has 1 aromatic rings. The molecular weight excluding hydrogens is 206 g/mol. The first-order valence-electron chi connectivity index (χ1n) is 4.99. The standard InChI is InChI=1S/C11H15N3S/c1-8-5-4-6-12-9(8)14-10-13-7-11(2,3)15-10/h4-6H,7H2,1-3H3,(H,12,13,14). The number of pyridine rings is 1. The van der Waals surface area contributed by atoms with Gasteiger partial charge in [0.15, 0.2) is 5.17 Å². The van der Waals surface area contributed by atoms with Crippen molar-refractivity contribution in [1.29, 1.82) is 0 Å². The topological polar surface area (TPSA) is 37.3 Å². The molecule has 4 heteroatoms. The molecule has 1 aliphatic heterocycles. The van der Waals surface area contributed by atoms with Crippen LogP contribution in [0.4, 0.5) is 5.82 Å². The van der Waals surface area contributed by atoms with Crippen LogP contribution in [0.1, 0.15) is 19.4 Å². The molecule has 0 aliphatic carbocycles. The molecule has 1 N–H and O–H groups in total. The molecule has 0 saturated carbocycles.